The fraction of sp³-hybridized carbons (Fsp3) is 0.400. The van der Waals surface area contributed by atoms with Crippen molar-refractivity contribution >= 4 is 5.91 Å². The van der Waals surface area contributed by atoms with Crippen LogP contribution >= 0.6 is 0 Å². The van der Waals surface area contributed by atoms with Gasteiger partial charge in [0.25, 0.3) is 12.3 Å². The predicted molar refractivity (Wildman–Crippen MR) is 55.2 cm³/mol. The number of hydrogen-bond acceptors (Lipinski definition) is 4. The Balaban J connectivity index is 2.73. The minimum Gasteiger partial charge on any atom is -0.485 e. The molecule has 17 heavy (non-hydrogen) atoms. The number of ether oxygens (including phenoxy) is 1. The third kappa shape index (κ3) is 4.31. The van der Waals surface area contributed by atoms with Gasteiger partial charge in [-0.15, -0.1) is 0 Å². The molecule has 1 amide bonds. The zero-order chi connectivity index (χ0) is 12.7. The molecule has 0 saturated heterocycles. The summed E-state index contributed by atoms with van der Waals surface area (Å²) in [6, 6.07) is 2.85. The van der Waals surface area contributed by atoms with Crippen molar-refractivity contribution in [2.45, 2.75) is 6.43 Å². The molecule has 0 bridgehead atoms. The highest BCUT2D eigenvalue weighted by Crippen LogP contribution is 2.15. The van der Waals surface area contributed by atoms with E-state index < -0.39 is 18.9 Å². The van der Waals surface area contributed by atoms with Gasteiger partial charge in [-0.2, -0.15) is 0 Å². The zero-order valence-corrected chi connectivity index (χ0v) is 8.90. The van der Waals surface area contributed by atoms with Gasteiger partial charge >= 0.3 is 0 Å². The Hall–Kier alpha value is -1.76. The molecule has 0 fully saturated rings. The predicted octanol–water partition coefficient (Wildman–Crippen LogP) is 0.448. The monoisotopic (exact) mass is 246 g/mol. The first-order chi connectivity index (χ1) is 8.15. The topological polar surface area (TPSA) is 71.5 Å². The molecular formula is C10H12F2N2O3. The number of carbonyl (C=O) groups is 1. The first-order valence-corrected chi connectivity index (χ1v) is 4.90. The minimum atomic E-state index is -2.62. The highest BCUT2D eigenvalue weighted by Gasteiger charge is 2.14. The number of amides is 1. The largest absolute Gasteiger partial charge is 0.485 e. The van der Waals surface area contributed by atoms with E-state index in [2.05, 4.69) is 10.3 Å². The summed E-state index contributed by atoms with van der Waals surface area (Å²) in [6.45, 7) is -0.957. The molecule has 1 aromatic rings. The van der Waals surface area contributed by atoms with Crippen LogP contribution in [0.4, 0.5) is 8.78 Å². The van der Waals surface area contributed by atoms with Crippen LogP contribution in [0, 0.1) is 0 Å². The lowest BCUT2D eigenvalue weighted by molar-refractivity contribution is 0.0789. The maximum absolute atomic E-state index is 12.0. The molecule has 0 aliphatic heterocycles. The number of nitrogens with zero attached hydrogens (tertiary/aromatic N) is 1. The van der Waals surface area contributed by atoms with Gasteiger partial charge in [0.1, 0.15) is 6.61 Å². The van der Waals surface area contributed by atoms with Gasteiger partial charge in [-0.25, -0.2) is 13.8 Å². The minimum absolute atomic E-state index is 0.0109. The van der Waals surface area contributed by atoms with Gasteiger partial charge in [-0.1, -0.05) is 0 Å². The summed E-state index contributed by atoms with van der Waals surface area (Å²) in [6.07, 6.45) is -1.27. The summed E-state index contributed by atoms with van der Waals surface area (Å²) in [4.78, 5) is 15.3. The van der Waals surface area contributed by atoms with Crippen molar-refractivity contribution < 1.29 is 23.4 Å². The maximum Gasteiger partial charge on any atom is 0.273 e. The van der Waals surface area contributed by atoms with E-state index in [1.165, 1.54) is 18.3 Å². The van der Waals surface area contributed by atoms with Gasteiger partial charge in [0.05, 0.1) is 6.61 Å². The fourth-order valence-electron chi connectivity index (χ4n) is 1.08. The van der Waals surface area contributed by atoms with E-state index in [0.29, 0.717) is 0 Å². The van der Waals surface area contributed by atoms with Crippen LogP contribution < -0.4 is 10.1 Å². The first kappa shape index (κ1) is 13.3. The molecule has 0 atom stereocenters. The molecule has 0 aromatic carbocycles. The molecule has 94 valence electrons. The SMILES string of the molecule is O=C(NCCO)c1ncccc1OCC(F)F. The van der Waals surface area contributed by atoms with Crippen LogP contribution in [-0.4, -0.2) is 42.2 Å². The Morgan fingerprint density at radius 1 is 1.59 bits per heavy atom. The number of rotatable bonds is 6. The van der Waals surface area contributed by atoms with Gasteiger partial charge in [0.2, 0.25) is 0 Å². The van der Waals surface area contributed by atoms with Crippen LogP contribution in [-0.2, 0) is 0 Å². The molecule has 1 aromatic heterocycles. The number of alkyl halides is 2. The highest BCUT2D eigenvalue weighted by molar-refractivity contribution is 5.94. The summed E-state index contributed by atoms with van der Waals surface area (Å²) in [5.74, 6) is -0.591. The number of hydrogen-bond donors (Lipinski definition) is 2. The summed E-state index contributed by atoms with van der Waals surface area (Å²) in [7, 11) is 0. The van der Waals surface area contributed by atoms with Crippen LogP contribution in [0.2, 0.25) is 0 Å². The maximum atomic E-state index is 12.0. The molecule has 0 aliphatic carbocycles. The Morgan fingerprint density at radius 3 is 3.00 bits per heavy atom. The average molecular weight is 246 g/mol. The normalized spacial score (nSPS) is 10.4. The standard InChI is InChI=1S/C10H12F2N2O3/c11-8(12)6-17-7-2-1-3-13-9(7)10(16)14-4-5-15/h1-3,8,15H,4-6H2,(H,14,16). The Bertz CT molecular complexity index is 374. The van der Waals surface area contributed by atoms with Crippen molar-refractivity contribution in [2.75, 3.05) is 19.8 Å². The molecular weight excluding hydrogens is 234 g/mol. The van der Waals surface area contributed by atoms with Crippen LogP contribution in [0.3, 0.4) is 0 Å². The van der Waals surface area contributed by atoms with E-state index in [1.807, 2.05) is 0 Å². The van der Waals surface area contributed by atoms with E-state index in [1.54, 1.807) is 0 Å². The molecule has 1 rings (SSSR count). The van der Waals surface area contributed by atoms with Crippen molar-refractivity contribution in [1.82, 2.24) is 10.3 Å². The molecule has 0 unspecified atom stereocenters. The number of carbonyl (C=O) groups excluding carboxylic acids is 1. The lowest BCUT2D eigenvalue weighted by Gasteiger charge is -2.09. The summed E-state index contributed by atoms with van der Waals surface area (Å²) < 4.78 is 28.7. The summed E-state index contributed by atoms with van der Waals surface area (Å²) in [5, 5.41) is 10.9. The molecule has 0 saturated carbocycles. The van der Waals surface area contributed by atoms with Crippen LogP contribution in [0.5, 0.6) is 5.75 Å². The highest BCUT2D eigenvalue weighted by atomic mass is 19.3. The van der Waals surface area contributed by atoms with Gasteiger partial charge < -0.3 is 15.2 Å². The number of halogens is 2. The third-order valence-corrected chi connectivity index (χ3v) is 1.75. The Kier molecular flexibility index (Phi) is 5.28. The van der Waals surface area contributed by atoms with Gasteiger partial charge in [0, 0.05) is 12.7 Å². The van der Waals surface area contributed by atoms with Crippen molar-refractivity contribution in [3.63, 3.8) is 0 Å². The van der Waals surface area contributed by atoms with Crippen molar-refractivity contribution in [2.24, 2.45) is 0 Å². The quantitative estimate of drug-likeness (QED) is 0.764. The summed E-state index contributed by atoms with van der Waals surface area (Å²) in [5.41, 5.74) is -0.0819. The summed E-state index contributed by atoms with van der Waals surface area (Å²) >= 11 is 0. The molecule has 5 nitrogen and oxygen atoms in total. The second-order valence-electron chi connectivity index (χ2n) is 3.03. The third-order valence-electron chi connectivity index (χ3n) is 1.75. The lowest BCUT2D eigenvalue weighted by atomic mass is 10.3. The first-order valence-electron chi connectivity index (χ1n) is 4.90. The Morgan fingerprint density at radius 2 is 2.35 bits per heavy atom. The van der Waals surface area contributed by atoms with E-state index in [0.717, 1.165) is 0 Å². The van der Waals surface area contributed by atoms with E-state index in [-0.39, 0.29) is 24.6 Å². The van der Waals surface area contributed by atoms with Gasteiger partial charge in [0.15, 0.2) is 11.4 Å². The second kappa shape index (κ2) is 6.74. The number of aromatic nitrogens is 1. The molecule has 0 aliphatic rings. The van der Waals surface area contributed by atoms with E-state index >= 15 is 0 Å². The van der Waals surface area contributed by atoms with Crippen LogP contribution in [0.15, 0.2) is 18.3 Å². The number of aliphatic hydroxyl groups is 1. The Labute approximate surface area is 96.4 Å². The fourth-order valence-corrected chi connectivity index (χ4v) is 1.08. The van der Waals surface area contributed by atoms with Crippen molar-refractivity contribution in [3.05, 3.63) is 24.0 Å². The van der Waals surface area contributed by atoms with E-state index in [9.17, 15) is 13.6 Å². The van der Waals surface area contributed by atoms with Crippen molar-refractivity contribution in [1.29, 1.82) is 0 Å². The zero-order valence-electron chi connectivity index (χ0n) is 8.90. The molecule has 0 radical (unpaired) electrons. The molecule has 0 spiro atoms. The second-order valence-corrected chi connectivity index (χ2v) is 3.03. The molecule has 7 heteroatoms. The smallest absolute Gasteiger partial charge is 0.273 e. The van der Waals surface area contributed by atoms with Gasteiger partial charge in [-0.3, -0.25) is 4.79 Å². The van der Waals surface area contributed by atoms with Crippen LogP contribution in [0.1, 0.15) is 10.5 Å². The lowest BCUT2D eigenvalue weighted by Crippen LogP contribution is -2.27. The van der Waals surface area contributed by atoms with E-state index in [4.69, 9.17) is 9.84 Å². The number of aliphatic hydroxyl groups excluding tert-OH is 1. The molecule has 2 N–H and O–H groups in total. The van der Waals surface area contributed by atoms with Crippen LogP contribution in [0.25, 0.3) is 0 Å². The average Bonchev–Trinajstić information content (AvgIpc) is 2.33. The van der Waals surface area contributed by atoms with Gasteiger partial charge in [-0.05, 0) is 12.1 Å². The molecule has 1 heterocycles. The number of nitrogens with one attached hydrogen (secondary N) is 1. The number of pyridine rings is 1. The van der Waals surface area contributed by atoms with Crippen molar-refractivity contribution in [3.8, 4) is 5.75 Å².